The predicted octanol–water partition coefficient (Wildman–Crippen LogP) is 3.43. The summed E-state index contributed by atoms with van der Waals surface area (Å²) in [6.45, 7) is 2.46. The van der Waals surface area contributed by atoms with Gasteiger partial charge in [0, 0.05) is 22.2 Å². The fraction of sp³-hybridized carbons (Fsp3) is 0.200. The first kappa shape index (κ1) is 13.6. The molecule has 0 fully saturated rings. The van der Waals surface area contributed by atoms with Crippen molar-refractivity contribution < 1.29 is 9.53 Å². The van der Waals surface area contributed by atoms with Gasteiger partial charge in [0.05, 0.1) is 12.8 Å². The number of aromatic nitrogens is 1. The molecule has 0 amide bonds. The Morgan fingerprint density at radius 3 is 2.84 bits per heavy atom. The van der Waals surface area contributed by atoms with Crippen LogP contribution in [0, 0.1) is 0 Å². The molecule has 1 aromatic carbocycles. The van der Waals surface area contributed by atoms with E-state index in [1.165, 1.54) is 0 Å². The van der Waals surface area contributed by atoms with Crippen LogP contribution in [0.5, 0.6) is 5.75 Å². The lowest BCUT2D eigenvalue weighted by Gasteiger charge is -2.07. The van der Waals surface area contributed by atoms with Crippen molar-refractivity contribution in [2.45, 2.75) is 11.8 Å². The van der Waals surface area contributed by atoms with Crippen LogP contribution in [-0.4, -0.2) is 23.6 Å². The minimum absolute atomic E-state index is 0.0287. The Morgan fingerprint density at radius 2 is 2.11 bits per heavy atom. The lowest BCUT2D eigenvalue weighted by molar-refractivity contribution is 0.103. The minimum Gasteiger partial charge on any atom is -0.492 e. The van der Waals surface area contributed by atoms with E-state index in [2.05, 4.69) is 4.98 Å². The molecule has 2 aromatic rings. The third kappa shape index (κ3) is 3.15. The summed E-state index contributed by atoms with van der Waals surface area (Å²) < 4.78 is 5.37. The minimum atomic E-state index is -0.0287. The number of pyridine rings is 1. The second kappa shape index (κ2) is 6.38. The Bertz CT molecular complexity index is 584. The number of carbonyl (C=O) groups is 1. The molecule has 2 rings (SSSR count). The van der Waals surface area contributed by atoms with Crippen molar-refractivity contribution in [1.29, 1.82) is 0 Å². The van der Waals surface area contributed by atoms with Crippen molar-refractivity contribution in [3.8, 4) is 5.75 Å². The maximum Gasteiger partial charge on any atom is 0.195 e. The monoisotopic (exact) mass is 273 g/mol. The van der Waals surface area contributed by atoms with E-state index in [4.69, 9.17) is 4.74 Å². The molecule has 3 nitrogen and oxygen atoms in total. The molecule has 98 valence electrons. The number of carbonyl (C=O) groups excluding carboxylic acids is 1. The molecule has 0 saturated heterocycles. The van der Waals surface area contributed by atoms with E-state index in [0.717, 1.165) is 4.90 Å². The number of ether oxygens (including phenoxy) is 1. The van der Waals surface area contributed by atoms with Gasteiger partial charge in [-0.15, -0.1) is 11.8 Å². The van der Waals surface area contributed by atoms with Gasteiger partial charge in [-0.2, -0.15) is 0 Å². The fourth-order valence-corrected chi connectivity index (χ4v) is 2.37. The second-order valence-corrected chi connectivity index (χ2v) is 4.72. The Balaban J connectivity index is 2.35. The highest BCUT2D eigenvalue weighted by Crippen LogP contribution is 2.23. The molecular formula is C15H15NO2S. The third-order valence-electron chi connectivity index (χ3n) is 2.64. The third-order valence-corrected chi connectivity index (χ3v) is 3.43. The van der Waals surface area contributed by atoms with Crippen molar-refractivity contribution in [3.05, 3.63) is 53.9 Å². The normalized spacial score (nSPS) is 10.2. The second-order valence-electron chi connectivity index (χ2n) is 3.87. The van der Waals surface area contributed by atoms with E-state index in [9.17, 15) is 4.79 Å². The van der Waals surface area contributed by atoms with Crippen molar-refractivity contribution >= 4 is 17.5 Å². The van der Waals surface area contributed by atoms with Gasteiger partial charge < -0.3 is 4.74 Å². The topological polar surface area (TPSA) is 39.2 Å². The number of ketones is 1. The van der Waals surface area contributed by atoms with E-state index in [0.29, 0.717) is 23.5 Å². The van der Waals surface area contributed by atoms with E-state index in [1.807, 2.05) is 37.4 Å². The Kier molecular flexibility index (Phi) is 4.58. The molecule has 1 heterocycles. The van der Waals surface area contributed by atoms with Crippen molar-refractivity contribution in [3.63, 3.8) is 0 Å². The molecule has 0 bridgehead atoms. The van der Waals surface area contributed by atoms with Crippen LogP contribution < -0.4 is 4.74 Å². The van der Waals surface area contributed by atoms with Crippen LogP contribution in [0.2, 0.25) is 0 Å². The maximum absolute atomic E-state index is 12.5. The fourth-order valence-electron chi connectivity index (χ4n) is 1.78. The molecule has 0 saturated carbocycles. The van der Waals surface area contributed by atoms with Gasteiger partial charge in [0.25, 0.3) is 0 Å². The number of benzene rings is 1. The average molecular weight is 273 g/mol. The van der Waals surface area contributed by atoms with Crippen LogP contribution in [0.25, 0.3) is 0 Å². The largest absolute Gasteiger partial charge is 0.492 e. The van der Waals surface area contributed by atoms with Crippen LogP contribution >= 0.6 is 11.8 Å². The zero-order valence-corrected chi connectivity index (χ0v) is 11.7. The molecule has 1 aromatic heterocycles. The Morgan fingerprint density at radius 1 is 1.32 bits per heavy atom. The van der Waals surface area contributed by atoms with Gasteiger partial charge in [-0.3, -0.25) is 9.78 Å². The van der Waals surface area contributed by atoms with Crippen molar-refractivity contribution in [2.24, 2.45) is 0 Å². The van der Waals surface area contributed by atoms with Gasteiger partial charge >= 0.3 is 0 Å². The van der Waals surface area contributed by atoms with Crippen LogP contribution in [0.4, 0.5) is 0 Å². The van der Waals surface area contributed by atoms with Crippen molar-refractivity contribution in [1.82, 2.24) is 4.98 Å². The molecule has 19 heavy (non-hydrogen) atoms. The van der Waals surface area contributed by atoms with Gasteiger partial charge in [0.1, 0.15) is 5.75 Å². The Labute approximate surface area is 117 Å². The van der Waals surface area contributed by atoms with Gasteiger partial charge in [-0.05, 0) is 31.4 Å². The lowest BCUT2D eigenvalue weighted by Crippen LogP contribution is -2.04. The molecule has 0 N–H and O–H groups in total. The van der Waals surface area contributed by atoms with Crippen LogP contribution in [0.15, 0.2) is 47.6 Å². The van der Waals surface area contributed by atoms with Crippen molar-refractivity contribution in [2.75, 3.05) is 12.9 Å². The molecule has 0 unspecified atom stereocenters. The van der Waals surface area contributed by atoms with Gasteiger partial charge in [-0.25, -0.2) is 0 Å². The highest BCUT2D eigenvalue weighted by Gasteiger charge is 2.13. The highest BCUT2D eigenvalue weighted by atomic mass is 32.2. The number of hydrogen-bond acceptors (Lipinski definition) is 4. The summed E-state index contributed by atoms with van der Waals surface area (Å²) in [4.78, 5) is 17.5. The zero-order valence-electron chi connectivity index (χ0n) is 10.9. The van der Waals surface area contributed by atoms with E-state index < -0.39 is 0 Å². The first-order valence-electron chi connectivity index (χ1n) is 6.01. The first-order chi connectivity index (χ1) is 9.26. The molecule has 0 spiro atoms. The molecule has 0 aliphatic rings. The summed E-state index contributed by atoms with van der Waals surface area (Å²) in [7, 11) is 0. The maximum atomic E-state index is 12.5. The van der Waals surface area contributed by atoms with E-state index in [-0.39, 0.29) is 5.78 Å². The van der Waals surface area contributed by atoms with E-state index >= 15 is 0 Å². The quantitative estimate of drug-likeness (QED) is 0.618. The average Bonchev–Trinajstić information content (AvgIpc) is 2.47. The number of nitrogens with zero attached hydrogens (tertiary/aromatic N) is 1. The summed E-state index contributed by atoms with van der Waals surface area (Å²) in [5.41, 5.74) is 1.25. The summed E-state index contributed by atoms with van der Waals surface area (Å²) in [5, 5.41) is 0. The SMILES string of the molecule is CCOc1cncc(C(=O)c2ccccc2SC)c1. The molecule has 0 atom stereocenters. The summed E-state index contributed by atoms with van der Waals surface area (Å²) in [5.74, 6) is 0.592. The zero-order chi connectivity index (χ0) is 13.7. The van der Waals surface area contributed by atoms with E-state index in [1.54, 1.807) is 30.2 Å². The number of thioether (sulfide) groups is 1. The smallest absolute Gasteiger partial charge is 0.195 e. The molecular weight excluding hydrogens is 258 g/mol. The lowest BCUT2D eigenvalue weighted by atomic mass is 10.1. The van der Waals surface area contributed by atoms with Crippen LogP contribution in [0.3, 0.4) is 0 Å². The summed E-state index contributed by atoms with van der Waals surface area (Å²) in [6, 6.07) is 9.30. The molecule has 4 heteroatoms. The molecule has 0 aliphatic heterocycles. The van der Waals surface area contributed by atoms with Gasteiger partial charge in [0.2, 0.25) is 0 Å². The van der Waals surface area contributed by atoms with Crippen LogP contribution in [-0.2, 0) is 0 Å². The molecule has 0 radical (unpaired) electrons. The highest BCUT2D eigenvalue weighted by molar-refractivity contribution is 7.98. The Hall–Kier alpha value is -1.81. The standard InChI is InChI=1S/C15H15NO2S/c1-3-18-12-8-11(9-16-10-12)15(17)13-6-4-5-7-14(13)19-2/h4-10H,3H2,1-2H3. The number of rotatable bonds is 5. The number of hydrogen-bond donors (Lipinski definition) is 0. The van der Waals surface area contributed by atoms with Gasteiger partial charge in [0.15, 0.2) is 5.78 Å². The van der Waals surface area contributed by atoms with Gasteiger partial charge in [-0.1, -0.05) is 12.1 Å². The summed E-state index contributed by atoms with van der Waals surface area (Å²) in [6.07, 6.45) is 5.14. The first-order valence-corrected chi connectivity index (χ1v) is 7.24. The molecule has 0 aliphatic carbocycles. The summed E-state index contributed by atoms with van der Waals surface area (Å²) >= 11 is 1.56. The predicted molar refractivity (Wildman–Crippen MR) is 77.1 cm³/mol. The van der Waals surface area contributed by atoms with Crippen LogP contribution in [0.1, 0.15) is 22.8 Å².